The van der Waals surface area contributed by atoms with Gasteiger partial charge in [-0.15, -0.1) is 0 Å². The van der Waals surface area contributed by atoms with E-state index in [0.29, 0.717) is 24.3 Å². The molecule has 7 nitrogen and oxygen atoms in total. The summed E-state index contributed by atoms with van der Waals surface area (Å²) in [5.41, 5.74) is 1.27. The van der Waals surface area contributed by atoms with Crippen molar-refractivity contribution in [3.8, 4) is 0 Å². The molecule has 1 aromatic rings. The Hall–Kier alpha value is -2.05. The number of nitrogens with zero attached hydrogens (tertiary/aromatic N) is 3. The highest BCUT2D eigenvalue weighted by molar-refractivity contribution is 5.90. The first-order chi connectivity index (χ1) is 11.3. The number of aromatic nitrogens is 2. The van der Waals surface area contributed by atoms with E-state index >= 15 is 0 Å². The number of carbonyl (C=O) groups is 2. The quantitative estimate of drug-likeness (QED) is 0.898. The lowest BCUT2D eigenvalue weighted by Crippen LogP contribution is -2.42. The highest BCUT2D eigenvalue weighted by atomic mass is 16.6. The van der Waals surface area contributed by atoms with Crippen molar-refractivity contribution in [2.24, 2.45) is 0 Å². The van der Waals surface area contributed by atoms with Crippen LogP contribution < -0.4 is 0 Å². The molecule has 0 radical (unpaired) electrons. The molecule has 1 aromatic heterocycles. The van der Waals surface area contributed by atoms with Crippen LogP contribution in [0.5, 0.6) is 0 Å². The molecule has 132 valence electrons. The Bertz CT molecular complexity index is 660. The van der Waals surface area contributed by atoms with Crippen molar-refractivity contribution in [2.45, 2.75) is 64.5 Å². The molecule has 0 saturated carbocycles. The molecule has 1 N–H and O–H groups in total. The molecule has 1 amide bonds. The molecule has 1 unspecified atom stereocenters. The third-order valence-electron chi connectivity index (χ3n) is 4.54. The van der Waals surface area contributed by atoms with Crippen LogP contribution >= 0.6 is 0 Å². The second-order valence-corrected chi connectivity index (χ2v) is 7.60. The summed E-state index contributed by atoms with van der Waals surface area (Å²) < 4.78 is 7.27. The standard InChI is InChI=1S/C17H25N3O4/c1-17(2,3)24-16(23)19-8-4-6-11(10-19)14-13(15(21)22)12-7-5-9-20(12)18-14/h11H,4-10H2,1-3H3,(H,21,22). The number of piperidine rings is 1. The number of fused-ring (bicyclic) bond motifs is 1. The molecular weight excluding hydrogens is 310 g/mol. The second kappa shape index (κ2) is 6.11. The summed E-state index contributed by atoms with van der Waals surface area (Å²) in [4.78, 5) is 25.7. The molecule has 7 heteroatoms. The fourth-order valence-corrected chi connectivity index (χ4v) is 3.56. The Balaban J connectivity index is 1.81. The molecule has 1 saturated heterocycles. The highest BCUT2D eigenvalue weighted by Crippen LogP contribution is 2.33. The topological polar surface area (TPSA) is 84.7 Å². The molecule has 24 heavy (non-hydrogen) atoms. The van der Waals surface area contributed by atoms with Crippen LogP contribution in [0.15, 0.2) is 0 Å². The monoisotopic (exact) mass is 335 g/mol. The molecule has 1 atom stereocenters. The normalized spacial score (nSPS) is 20.8. The number of rotatable bonds is 2. The van der Waals surface area contributed by atoms with Crippen molar-refractivity contribution in [3.05, 3.63) is 17.0 Å². The number of hydrogen-bond donors (Lipinski definition) is 1. The maximum Gasteiger partial charge on any atom is 0.410 e. The molecule has 3 heterocycles. The SMILES string of the molecule is CC(C)(C)OC(=O)N1CCCC(c2nn3c(c2C(=O)O)CCC3)C1. The molecule has 2 aliphatic rings. The van der Waals surface area contributed by atoms with E-state index in [1.165, 1.54) is 0 Å². The number of carboxylic acids is 1. The van der Waals surface area contributed by atoms with Crippen LogP contribution in [0.2, 0.25) is 0 Å². The Morgan fingerprint density at radius 3 is 2.67 bits per heavy atom. The minimum atomic E-state index is -0.914. The highest BCUT2D eigenvalue weighted by Gasteiger charge is 2.34. The number of carboxylic acid groups (broad SMARTS) is 1. The average molecular weight is 335 g/mol. The van der Waals surface area contributed by atoms with E-state index in [1.54, 1.807) is 4.90 Å². The van der Waals surface area contributed by atoms with Gasteiger partial charge >= 0.3 is 12.1 Å². The van der Waals surface area contributed by atoms with E-state index < -0.39 is 11.6 Å². The van der Waals surface area contributed by atoms with Crippen molar-refractivity contribution < 1.29 is 19.4 Å². The summed E-state index contributed by atoms with van der Waals surface area (Å²) in [5, 5.41) is 14.2. The van der Waals surface area contributed by atoms with Crippen LogP contribution in [0.3, 0.4) is 0 Å². The Kier molecular flexibility index (Phi) is 4.27. The molecule has 0 aromatic carbocycles. The lowest BCUT2D eigenvalue weighted by atomic mass is 9.91. The van der Waals surface area contributed by atoms with E-state index in [9.17, 15) is 14.7 Å². The van der Waals surface area contributed by atoms with Gasteiger partial charge in [0.15, 0.2) is 0 Å². The fraction of sp³-hybridized carbons (Fsp3) is 0.706. The number of likely N-dealkylation sites (tertiary alicyclic amines) is 1. The van der Waals surface area contributed by atoms with E-state index in [1.807, 2.05) is 25.5 Å². The molecule has 3 rings (SSSR count). The first-order valence-electron chi connectivity index (χ1n) is 8.57. The number of aryl methyl sites for hydroxylation is 1. The lowest BCUT2D eigenvalue weighted by molar-refractivity contribution is 0.0197. The maximum atomic E-state index is 12.3. The van der Waals surface area contributed by atoms with Gasteiger partial charge in [0, 0.05) is 25.6 Å². The predicted octanol–water partition coefficient (Wildman–Crippen LogP) is 2.64. The van der Waals surface area contributed by atoms with Gasteiger partial charge in [0.25, 0.3) is 0 Å². The Morgan fingerprint density at radius 2 is 2.00 bits per heavy atom. The van der Waals surface area contributed by atoms with Crippen molar-refractivity contribution in [2.75, 3.05) is 13.1 Å². The van der Waals surface area contributed by atoms with Crippen LogP contribution in [0.4, 0.5) is 4.79 Å². The van der Waals surface area contributed by atoms with Gasteiger partial charge in [0.1, 0.15) is 11.2 Å². The molecule has 2 aliphatic heterocycles. The number of aromatic carboxylic acids is 1. The summed E-state index contributed by atoms with van der Waals surface area (Å²) in [5.74, 6) is -0.960. The van der Waals surface area contributed by atoms with Gasteiger partial charge in [-0.3, -0.25) is 4.68 Å². The number of carbonyl (C=O) groups excluding carboxylic acids is 1. The minimum Gasteiger partial charge on any atom is -0.478 e. The summed E-state index contributed by atoms with van der Waals surface area (Å²) in [6.07, 6.45) is 3.03. The van der Waals surface area contributed by atoms with Crippen molar-refractivity contribution >= 4 is 12.1 Å². The first kappa shape index (κ1) is 16.8. The van der Waals surface area contributed by atoms with Gasteiger partial charge in [-0.25, -0.2) is 9.59 Å². The van der Waals surface area contributed by atoms with Gasteiger partial charge in [0.05, 0.1) is 11.4 Å². The smallest absolute Gasteiger partial charge is 0.410 e. The molecule has 0 aliphatic carbocycles. The lowest BCUT2D eigenvalue weighted by Gasteiger charge is -2.33. The summed E-state index contributed by atoms with van der Waals surface area (Å²) in [7, 11) is 0. The first-order valence-corrected chi connectivity index (χ1v) is 8.57. The number of hydrogen-bond acceptors (Lipinski definition) is 4. The Morgan fingerprint density at radius 1 is 1.25 bits per heavy atom. The van der Waals surface area contributed by atoms with Crippen LogP contribution in [0.1, 0.15) is 67.7 Å². The third-order valence-corrected chi connectivity index (χ3v) is 4.54. The van der Waals surface area contributed by atoms with Gasteiger partial charge in [-0.1, -0.05) is 0 Å². The van der Waals surface area contributed by atoms with Gasteiger partial charge in [-0.05, 0) is 46.5 Å². The minimum absolute atomic E-state index is 0.0459. The van der Waals surface area contributed by atoms with Gasteiger partial charge < -0.3 is 14.7 Å². The van der Waals surface area contributed by atoms with Crippen LogP contribution in [0, 0.1) is 0 Å². The number of amides is 1. The van der Waals surface area contributed by atoms with E-state index in [-0.39, 0.29) is 12.0 Å². The second-order valence-electron chi connectivity index (χ2n) is 7.60. The van der Waals surface area contributed by atoms with Crippen molar-refractivity contribution in [1.29, 1.82) is 0 Å². The predicted molar refractivity (Wildman–Crippen MR) is 87.3 cm³/mol. The Labute approximate surface area is 141 Å². The average Bonchev–Trinajstić information content (AvgIpc) is 3.05. The van der Waals surface area contributed by atoms with Crippen LogP contribution in [0.25, 0.3) is 0 Å². The fourth-order valence-electron chi connectivity index (χ4n) is 3.56. The van der Waals surface area contributed by atoms with Gasteiger partial charge in [-0.2, -0.15) is 5.10 Å². The zero-order valence-corrected chi connectivity index (χ0v) is 14.5. The third kappa shape index (κ3) is 3.25. The van der Waals surface area contributed by atoms with Crippen LogP contribution in [-0.4, -0.2) is 50.5 Å². The molecule has 0 bridgehead atoms. The molecule has 0 spiro atoms. The van der Waals surface area contributed by atoms with E-state index in [2.05, 4.69) is 5.10 Å². The van der Waals surface area contributed by atoms with Crippen molar-refractivity contribution in [1.82, 2.24) is 14.7 Å². The molecule has 1 fully saturated rings. The van der Waals surface area contributed by atoms with Gasteiger partial charge in [0.2, 0.25) is 0 Å². The van der Waals surface area contributed by atoms with E-state index in [4.69, 9.17) is 4.74 Å². The largest absolute Gasteiger partial charge is 0.478 e. The number of ether oxygens (including phenoxy) is 1. The molecular formula is C17H25N3O4. The van der Waals surface area contributed by atoms with E-state index in [0.717, 1.165) is 37.9 Å². The maximum absolute atomic E-state index is 12.3. The summed E-state index contributed by atoms with van der Waals surface area (Å²) >= 11 is 0. The zero-order valence-electron chi connectivity index (χ0n) is 14.5. The summed E-state index contributed by atoms with van der Waals surface area (Å²) in [6.45, 7) is 7.41. The van der Waals surface area contributed by atoms with Crippen LogP contribution in [-0.2, 0) is 17.7 Å². The zero-order chi connectivity index (χ0) is 17.5. The van der Waals surface area contributed by atoms with Crippen molar-refractivity contribution in [3.63, 3.8) is 0 Å². The summed E-state index contributed by atoms with van der Waals surface area (Å²) in [6, 6.07) is 0.